The van der Waals surface area contributed by atoms with E-state index in [1.54, 1.807) is 69.3 Å². The van der Waals surface area contributed by atoms with E-state index in [9.17, 15) is 14.4 Å². The zero-order valence-corrected chi connectivity index (χ0v) is 25.6. The van der Waals surface area contributed by atoms with Crippen molar-refractivity contribution >= 4 is 18.0 Å². The summed E-state index contributed by atoms with van der Waals surface area (Å²) in [6.45, 7) is 8.19. The first-order chi connectivity index (χ1) is 20.6. The van der Waals surface area contributed by atoms with E-state index in [0.29, 0.717) is 23.7 Å². The van der Waals surface area contributed by atoms with E-state index in [1.807, 2.05) is 30.3 Å². The van der Waals surface area contributed by atoms with Gasteiger partial charge in [-0.2, -0.15) is 0 Å². The molecule has 8 nitrogen and oxygen atoms in total. The van der Waals surface area contributed by atoms with Crippen molar-refractivity contribution in [1.29, 1.82) is 0 Å². The second kappa shape index (κ2) is 16.9. The first kappa shape index (κ1) is 33.2. The second-order valence-corrected chi connectivity index (χ2v) is 11.3. The van der Waals surface area contributed by atoms with Gasteiger partial charge in [-0.15, -0.1) is 0 Å². The van der Waals surface area contributed by atoms with Gasteiger partial charge < -0.3 is 24.3 Å². The third-order valence-electron chi connectivity index (χ3n) is 6.38. The maximum atomic E-state index is 12.9. The number of carbonyl (C=O) groups excluding carboxylic acids is 3. The molecule has 0 bridgehead atoms. The molecule has 0 aliphatic carbocycles. The predicted octanol–water partition coefficient (Wildman–Crippen LogP) is 7.43. The number of alkyl carbamates (subject to hydrolysis) is 1. The summed E-state index contributed by atoms with van der Waals surface area (Å²) in [7, 11) is 0. The Kier molecular flexibility index (Phi) is 13.1. The van der Waals surface area contributed by atoms with Gasteiger partial charge in [0.2, 0.25) is 0 Å². The topological polar surface area (TPSA) is 100 Å². The van der Waals surface area contributed by atoms with Gasteiger partial charge in [0.1, 0.15) is 29.7 Å². The molecule has 0 radical (unpaired) electrons. The van der Waals surface area contributed by atoms with Crippen molar-refractivity contribution in [3.05, 3.63) is 95.6 Å². The average molecular weight is 590 g/mol. The molecule has 3 aromatic carbocycles. The number of rotatable bonds is 15. The second-order valence-electron chi connectivity index (χ2n) is 11.3. The highest BCUT2D eigenvalue weighted by molar-refractivity contribution is 5.91. The van der Waals surface area contributed by atoms with Crippen LogP contribution in [0.2, 0.25) is 0 Å². The van der Waals surface area contributed by atoms with E-state index < -0.39 is 29.7 Å². The van der Waals surface area contributed by atoms with Gasteiger partial charge in [-0.25, -0.2) is 14.4 Å². The molecular formula is C35H43NO7. The quantitative estimate of drug-likeness (QED) is 0.112. The van der Waals surface area contributed by atoms with Crippen molar-refractivity contribution < 1.29 is 33.3 Å². The zero-order valence-electron chi connectivity index (χ0n) is 25.6. The van der Waals surface area contributed by atoms with Gasteiger partial charge in [-0.3, -0.25) is 0 Å². The Morgan fingerprint density at radius 3 is 2.07 bits per heavy atom. The number of hydrogen-bond acceptors (Lipinski definition) is 7. The molecule has 0 saturated carbocycles. The molecule has 0 aliphatic rings. The Morgan fingerprint density at radius 1 is 0.767 bits per heavy atom. The largest absolute Gasteiger partial charge is 0.494 e. The molecule has 1 N–H and O–H groups in total. The number of esters is 2. The number of amides is 1. The van der Waals surface area contributed by atoms with Gasteiger partial charge in [0.25, 0.3) is 0 Å². The molecule has 1 atom stereocenters. The minimum atomic E-state index is -0.979. The lowest BCUT2D eigenvalue weighted by atomic mass is 10.1. The highest BCUT2D eigenvalue weighted by Crippen LogP contribution is 2.19. The van der Waals surface area contributed by atoms with Gasteiger partial charge >= 0.3 is 18.0 Å². The molecule has 3 rings (SSSR count). The summed E-state index contributed by atoms with van der Waals surface area (Å²) in [4.78, 5) is 38.1. The van der Waals surface area contributed by atoms with Gasteiger partial charge in [0, 0.05) is 6.42 Å². The monoisotopic (exact) mass is 589 g/mol. The number of unbranched alkanes of at least 4 members (excludes halogenated alkanes) is 4. The van der Waals surface area contributed by atoms with Crippen LogP contribution in [0.5, 0.6) is 11.5 Å². The lowest BCUT2D eigenvalue weighted by Crippen LogP contribution is -2.45. The molecule has 0 aromatic heterocycles. The summed E-state index contributed by atoms with van der Waals surface area (Å²) in [5.74, 6) is -0.00407. The summed E-state index contributed by atoms with van der Waals surface area (Å²) >= 11 is 0. The van der Waals surface area contributed by atoms with Crippen LogP contribution in [-0.2, 0) is 27.3 Å². The highest BCUT2D eigenvalue weighted by Gasteiger charge is 2.27. The van der Waals surface area contributed by atoms with Crippen molar-refractivity contribution in [2.24, 2.45) is 0 Å². The summed E-state index contributed by atoms with van der Waals surface area (Å²) in [5, 5.41) is 2.62. The van der Waals surface area contributed by atoms with Crippen molar-refractivity contribution in [3.8, 4) is 11.5 Å². The first-order valence-electron chi connectivity index (χ1n) is 14.9. The SMILES string of the molecule is CCCCCCCOc1ccc(C(=O)Oc2ccc(CC(NC(=O)OCc3ccccc3)C(=O)OC(C)(C)C)cc2)cc1. The lowest BCUT2D eigenvalue weighted by Gasteiger charge is -2.24. The van der Waals surface area contributed by atoms with E-state index in [4.69, 9.17) is 18.9 Å². The summed E-state index contributed by atoms with van der Waals surface area (Å²) in [5.41, 5.74) is 1.23. The fraction of sp³-hybridized carbons (Fsp3) is 0.400. The van der Waals surface area contributed by atoms with Gasteiger partial charge in [-0.05, 0) is 74.7 Å². The zero-order chi connectivity index (χ0) is 31.1. The average Bonchev–Trinajstić information content (AvgIpc) is 2.98. The van der Waals surface area contributed by atoms with Crippen LogP contribution in [0.4, 0.5) is 4.79 Å². The van der Waals surface area contributed by atoms with E-state index in [0.717, 1.165) is 24.0 Å². The molecule has 0 heterocycles. The molecule has 1 unspecified atom stereocenters. The number of hydrogen-bond donors (Lipinski definition) is 1. The molecule has 0 spiro atoms. The predicted molar refractivity (Wildman–Crippen MR) is 165 cm³/mol. The van der Waals surface area contributed by atoms with E-state index in [1.165, 1.54) is 19.3 Å². The van der Waals surface area contributed by atoms with Crippen molar-refractivity contribution in [3.63, 3.8) is 0 Å². The highest BCUT2D eigenvalue weighted by atomic mass is 16.6. The number of benzene rings is 3. The summed E-state index contributed by atoms with van der Waals surface area (Å²) in [6, 6.07) is 21.9. The number of nitrogens with one attached hydrogen (secondary N) is 1. The summed E-state index contributed by atoms with van der Waals surface area (Å²) < 4.78 is 22.1. The van der Waals surface area contributed by atoms with E-state index in [2.05, 4.69) is 12.2 Å². The lowest BCUT2D eigenvalue weighted by molar-refractivity contribution is -0.157. The fourth-order valence-electron chi connectivity index (χ4n) is 4.15. The maximum absolute atomic E-state index is 12.9. The molecule has 0 aliphatic heterocycles. The van der Waals surface area contributed by atoms with Crippen LogP contribution >= 0.6 is 0 Å². The van der Waals surface area contributed by atoms with Crippen LogP contribution in [0.25, 0.3) is 0 Å². The third kappa shape index (κ3) is 12.6. The minimum Gasteiger partial charge on any atom is -0.494 e. The van der Waals surface area contributed by atoms with E-state index >= 15 is 0 Å². The van der Waals surface area contributed by atoms with Gasteiger partial charge in [0.05, 0.1) is 12.2 Å². The van der Waals surface area contributed by atoms with Crippen molar-refractivity contribution in [2.45, 2.75) is 84.5 Å². The maximum Gasteiger partial charge on any atom is 0.408 e. The molecular weight excluding hydrogens is 546 g/mol. The Morgan fingerprint density at radius 2 is 1.42 bits per heavy atom. The standard InChI is InChI=1S/C35H43NO7/c1-5-6-7-8-12-23-40-29-21-17-28(18-22-29)32(37)42-30-19-15-26(16-20-30)24-31(33(38)43-35(2,3)4)36-34(39)41-25-27-13-10-9-11-14-27/h9-11,13-22,31H,5-8,12,23-25H2,1-4H3,(H,36,39). The van der Waals surface area contributed by atoms with Crippen LogP contribution < -0.4 is 14.8 Å². The van der Waals surface area contributed by atoms with Crippen molar-refractivity contribution in [2.75, 3.05) is 6.61 Å². The molecule has 0 fully saturated rings. The Labute approximate surface area is 254 Å². The molecule has 8 heteroatoms. The third-order valence-corrected chi connectivity index (χ3v) is 6.38. The van der Waals surface area contributed by atoms with E-state index in [-0.39, 0.29) is 13.0 Å². The minimum absolute atomic E-state index is 0.0721. The van der Waals surface area contributed by atoms with Crippen LogP contribution in [0.15, 0.2) is 78.9 Å². The first-order valence-corrected chi connectivity index (χ1v) is 14.9. The van der Waals surface area contributed by atoms with Crippen LogP contribution in [0.1, 0.15) is 81.3 Å². The van der Waals surface area contributed by atoms with Gasteiger partial charge in [-0.1, -0.05) is 75.1 Å². The Balaban J connectivity index is 1.54. The van der Waals surface area contributed by atoms with Gasteiger partial charge in [0.15, 0.2) is 0 Å². The van der Waals surface area contributed by atoms with Crippen LogP contribution in [0, 0.1) is 0 Å². The normalized spacial score (nSPS) is 11.7. The molecule has 230 valence electrons. The van der Waals surface area contributed by atoms with Crippen LogP contribution in [0.3, 0.4) is 0 Å². The Hall–Kier alpha value is -4.33. The molecule has 1 amide bonds. The molecule has 3 aromatic rings. The number of carbonyl (C=O) groups is 3. The molecule has 0 saturated heterocycles. The van der Waals surface area contributed by atoms with Crippen LogP contribution in [-0.4, -0.2) is 36.3 Å². The smallest absolute Gasteiger partial charge is 0.408 e. The fourth-order valence-corrected chi connectivity index (χ4v) is 4.15. The van der Waals surface area contributed by atoms with Crippen molar-refractivity contribution in [1.82, 2.24) is 5.32 Å². The Bertz CT molecular complexity index is 1280. The number of ether oxygens (including phenoxy) is 4. The molecule has 43 heavy (non-hydrogen) atoms. The summed E-state index contributed by atoms with van der Waals surface area (Å²) in [6.07, 6.45) is 5.26.